The van der Waals surface area contributed by atoms with E-state index in [1.54, 1.807) is 6.20 Å². The van der Waals surface area contributed by atoms with Crippen LogP contribution in [0.15, 0.2) is 42.7 Å². The first-order chi connectivity index (χ1) is 15.6. The Kier molecular flexibility index (Phi) is 7.63. The molecule has 1 aliphatic carbocycles. The van der Waals surface area contributed by atoms with Gasteiger partial charge in [-0.3, -0.25) is 9.69 Å². The van der Waals surface area contributed by atoms with Gasteiger partial charge in [-0.2, -0.15) is 0 Å². The molecular formula is C26H38N4O2. The average molecular weight is 439 g/mol. The quantitative estimate of drug-likeness (QED) is 0.621. The number of aliphatic hydroxyl groups is 1. The average Bonchev–Trinajstić information content (AvgIpc) is 3.49. The van der Waals surface area contributed by atoms with Crippen LogP contribution in [0.3, 0.4) is 0 Å². The number of carbonyl (C=O) groups excluding carboxylic acids is 1. The van der Waals surface area contributed by atoms with Crippen LogP contribution in [0.2, 0.25) is 0 Å². The molecule has 6 heteroatoms. The van der Waals surface area contributed by atoms with Crippen molar-refractivity contribution in [3.8, 4) is 0 Å². The Morgan fingerprint density at radius 1 is 1.19 bits per heavy atom. The van der Waals surface area contributed by atoms with Crippen LogP contribution in [0.25, 0.3) is 0 Å². The number of imidazole rings is 1. The van der Waals surface area contributed by atoms with E-state index in [0.29, 0.717) is 19.5 Å². The van der Waals surface area contributed by atoms with E-state index in [2.05, 4.69) is 51.0 Å². The SMILES string of the molecule is CCc1nccn1CCC(=O)NC[C@@]1(c2ccccc2)CC[C@H](O)[C@@H](N2CCCC2)CC1. The molecule has 1 amide bonds. The monoisotopic (exact) mass is 438 g/mol. The van der Waals surface area contributed by atoms with Crippen LogP contribution < -0.4 is 5.32 Å². The summed E-state index contributed by atoms with van der Waals surface area (Å²) in [6, 6.07) is 10.8. The zero-order valence-corrected chi connectivity index (χ0v) is 19.4. The zero-order chi connectivity index (χ0) is 22.4. The lowest BCUT2D eigenvalue weighted by Crippen LogP contribution is -2.42. The highest BCUT2D eigenvalue weighted by Gasteiger charge is 2.40. The highest BCUT2D eigenvalue weighted by Crippen LogP contribution is 2.39. The third-order valence-electron chi connectivity index (χ3n) is 7.60. The van der Waals surface area contributed by atoms with E-state index in [9.17, 15) is 9.90 Å². The van der Waals surface area contributed by atoms with Crippen molar-refractivity contribution in [2.24, 2.45) is 0 Å². The maximum atomic E-state index is 12.8. The molecule has 2 heterocycles. The first-order valence-electron chi connectivity index (χ1n) is 12.4. The summed E-state index contributed by atoms with van der Waals surface area (Å²) in [7, 11) is 0. The fourth-order valence-electron chi connectivity index (χ4n) is 5.65. The van der Waals surface area contributed by atoms with Gasteiger partial charge >= 0.3 is 0 Å². The molecule has 2 N–H and O–H groups in total. The summed E-state index contributed by atoms with van der Waals surface area (Å²) in [5.74, 6) is 1.10. The molecule has 0 unspecified atom stereocenters. The Morgan fingerprint density at radius 3 is 2.69 bits per heavy atom. The molecule has 6 nitrogen and oxygen atoms in total. The Morgan fingerprint density at radius 2 is 1.94 bits per heavy atom. The Labute approximate surface area is 192 Å². The standard InChI is InChI=1S/C26H38N4O2/c1-2-24-27-15-19-30(24)18-12-25(32)28-20-26(21-8-4-3-5-9-21)13-10-22(23(31)11-14-26)29-16-6-7-17-29/h3-5,8-9,15,19,22-23,31H,2,6-7,10-14,16-18,20H2,1H3,(H,28,32)/t22-,23-,26-/m0/s1. The highest BCUT2D eigenvalue weighted by atomic mass is 16.3. The number of hydrogen-bond donors (Lipinski definition) is 2. The maximum absolute atomic E-state index is 12.8. The topological polar surface area (TPSA) is 70.4 Å². The molecular weight excluding hydrogens is 400 g/mol. The minimum absolute atomic E-state index is 0.0805. The Hall–Kier alpha value is -2.18. The Bertz CT molecular complexity index is 862. The van der Waals surface area contributed by atoms with Crippen molar-refractivity contribution in [2.75, 3.05) is 19.6 Å². The summed E-state index contributed by atoms with van der Waals surface area (Å²) < 4.78 is 2.06. The minimum atomic E-state index is -0.289. The van der Waals surface area contributed by atoms with Crippen LogP contribution in [0, 0.1) is 0 Å². The fraction of sp³-hybridized carbons (Fsp3) is 0.615. The molecule has 1 aliphatic heterocycles. The minimum Gasteiger partial charge on any atom is -0.391 e. The number of nitrogens with one attached hydrogen (secondary N) is 1. The maximum Gasteiger partial charge on any atom is 0.221 e. The number of carbonyl (C=O) groups is 1. The van der Waals surface area contributed by atoms with Gasteiger partial charge in [0.25, 0.3) is 0 Å². The van der Waals surface area contributed by atoms with Gasteiger partial charge in [-0.15, -0.1) is 0 Å². The second kappa shape index (κ2) is 10.6. The number of rotatable bonds is 8. The van der Waals surface area contributed by atoms with Crippen molar-refractivity contribution in [1.29, 1.82) is 0 Å². The third-order valence-corrected chi connectivity index (χ3v) is 7.60. The smallest absolute Gasteiger partial charge is 0.221 e. The summed E-state index contributed by atoms with van der Waals surface area (Å²) in [4.78, 5) is 19.6. The number of benzene rings is 1. The van der Waals surface area contributed by atoms with Gasteiger partial charge in [0.1, 0.15) is 5.82 Å². The van der Waals surface area contributed by atoms with Gasteiger partial charge in [0.2, 0.25) is 5.91 Å². The molecule has 2 aromatic rings. The second-order valence-corrected chi connectivity index (χ2v) is 9.52. The van der Waals surface area contributed by atoms with Crippen molar-refractivity contribution in [1.82, 2.24) is 19.8 Å². The van der Waals surface area contributed by atoms with Crippen molar-refractivity contribution in [3.63, 3.8) is 0 Å². The summed E-state index contributed by atoms with van der Waals surface area (Å²) in [6.45, 7) is 5.57. The molecule has 1 aromatic heterocycles. The van der Waals surface area contributed by atoms with Crippen molar-refractivity contribution in [2.45, 2.75) is 82.4 Å². The summed E-state index contributed by atoms with van der Waals surface area (Å²) in [5, 5.41) is 14.2. The van der Waals surface area contributed by atoms with Crippen molar-refractivity contribution in [3.05, 3.63) is 54.1 Å². The number of hydrogen-bond acceptors (Lipinski definition) is 4. The van der Waals surface area contributed by atoms with E-state index in [4.69, 9.17) is 0 Å². The van der Waals surface area contributed by atoms with Crippen LogP contribution in [0.4, 0.5) is 0 Å². The van der Waals surface area contributed by atoms with Crippen LogP contribution >= 0.6 is 0 Å². The predicted octanol–water partition coefficient (Wildman–Crippen LogP) is 3.29. The van der Waals surface area contributed by atoms with Gasteiger partial charge < -0.3 is 15.0 Å². The number of aliphatic hydroxyl groups excluding tert-OH is 1. The van der Waals surface area contributed by atoms with E-state index >= 15 is 0 Å². The summed E-state index contributed by atoms with van der Waals surface area (Å²) in [5.41, 5.74) is 1.15. The molecule has 2 aliphatic rings. The molecule has 3 atom stereocenters. The lowest BCUT2D eigenvalue weighted by atomic mass is 9.74. The molecule has 32 heavy (non-hydrogen) atoms. The Balaban J connectivity index is 1.43. The van der Waals surface area contributed by atoms with Gasteiger partial charge in [-0.05, 0) is 57.2 Å². The van der Waals surface area contributed by atoms with Crippen molar-refractivity contribution >= 4 is 5.91 Å². The van der Waals surface area contributed by atoms with E-state index in [-0.39, 0.29) is 23.5 Å². The molecule has 174 valence electrons. The molecule has 0 bridgehead atoms. The second-order valence-electron chi connectivity index (χ2n) is 9.52. The predicted molar refractivity (Wildman–Crippen MR) is 126 cm³/mol. The number of aromatic nitrogens is 2. The molecule has 4 rings (SSSR count). The first kappa shape index (κ1) is 23.0. The van der Waals surface area contributed by atoms with E-state index in [1.807, 2.05) is 12.3 Å². The molecule has 2 fully saturated rings. The van der Waals surface area contributed by atoms with Gasteiger partial charge in [0.05, 0.1) is 6.10 Å². The van der Waals surface area contributed by atoms with E-state index in [1.165, 1.54) is 18.4 Å². The van der Waals surface area contributed by atoms with E-state index < -0.39 is 0 Å². The van der Waals surface area contributed by atoms with Crippen LogP contribution in [-0.2, 0) is 23.2 Å². The molecule has 1 saturated heterocycles. The first-order valence-corrected chi connectivity index (χ1v) is 12.4. The highest BCUT2D eigenvalue weighted by molar-refractivity contribution is 5.76. The number of likely N-dealkylation sites (tertiary alicyclic amines) is 1. The summed E-state index contributed by atoms with van der Waals surface area (Å²) >= 11 is 0. The third kappa shape index (κ3) is 5.24. The molecule has 1 saturated carbocycles. The molecule has 1 aromatic carbocycles. The number of aryl methyl sites for hydroxylation is 2. The van der Waals surface area contributed by atoms with Gasteiger partial charge in [-0.25, -0.2) is 4.98 Å². The fourth-order valence-corrected chi connectivity index (χ4v) is 5.65. The van der Waals surface area contributed by atoms with Crippen molar-refractivity contribution < 1.29 is 9.90 Å². The summed E-state index contributed by atoms with van der Waals surface area (Å²) in [6.07, 6.45) is 10.9. The van der Waals surface area contributed by atoms with E-state index in [0.717, 1.165) is 51.0 Å². The van der Waals surface area contributed by atoms with Crippen LogP contribution in [0.5, 0.6) is 0 Å². The number of amides is 1. The zero-order valence-electron chi connectivity index (χ0n) is 19.4. The molecule has 0 spiro atoms. The van der Waals surface area contributed by atoms with Gasteiger partial charge in [0.15, 0.2) is 0 Å². The largest absolute Gasteiger partial charge is 0.391 e. The lowest BCUT2D eigenvalue weighted by molar-refractivity contribution is -0.121. The lowest BCUT2D eigenvalue weighted by Gasteiger charge is -2.34. The van der Waals surface area contributed by atoms with Gasteiger partial charge in [-0.1, -0.05) is 37.3 Å². The van der Waals surface area contributed by atoms with Crippen LogP contribution in [-0.4, -0.2) is 57.2 Å². The number of nitrogens with zero attached hydrogens (tertiary/aromatic N) is 3. The van der Waals surface area contributed by atoms with Gasteiger partial charge in [0, 0.05) is 49.8 Å². The normalized spacial score (nSPS) is 26.7. The van der Waals surface area contributed by atoms with Crippen LogP contribution in [0.1, 0.15) is 63.3 Å². The molecule has 0 radical (unpaired) electrons.